The molecule has 0 saturated carbocycles. The molecule has 11 heteroatoms. The van der Waals surface area contributed by atoms with Crippen molar-refractivity contribution in [1.29, 1.82) is 0 Å². The van der Waals surface area contributed by atoms with Crippen LogP contribution in [-0.4, -0.2) is 20.3 Å². The number of carbonyl (C=O) groups is 1. The van der Waals surface area contributed by atoms with Crippen LogP contribution < -0.4 is 16.6 Å². The third-order valence-electron chi connectivity index (χ3n) is 5.62. The number of hydrogen-bond donors (Lipinski definition) is 1. The van der Waals surface area contributed by atoms with Gasteiger partial charge in [-0.2, -0.15) is 23.0 Å². The molecular formula is C26H20F4N4O3. The summed E-state index contributed by atoms with van der Waals surface area (Å²) < 4.78 is 53.7. The average Bonchev–Trinajstić information content (AvgIpc) is 2.87. The second kappa shape index (κ2) is 10.2. The predicted molar refractivity (Wildman–Crippen MR) is 127 cm³/mol. The molecule has 4 rings (SSSR count). The van der Waals surface area contributed by atoms with E-state index in [1.807, 2.05) is 0 Å². The predicted octanol–water partition coefficient (Wildman–Crippen LogP) is 4.09. The van der Waals surface area contributed by atoms with Crippen LogP contribution in [0.5, 0.6) is 0 Å². The van der Waals surface area contributed by atoms with Gasteiger partial charge < -0.3 is 5.32 Å². The van der Waals surface area contributed by atoms with Crippen molar-refractivity contribution in [3.8, 4) is 5.69 Å². The maximum Gasteiger partial charge on any atom is 0.416 e. The number of rotatable bonds is 6. The van der Waals surface area contributed by atoms with Gasteiger partial charge in [0.2, 0.25) is 5.69 Å². The van der Waals surface area contributed by atoms with Crippen molar-refractivity contribution < 1.29 is 22.4 Å². The second-order valence-corrected chi connectivity index (χ2v) is 8.21. The number of aromatic nitrogens is 3. The monoisotopic (exact) mass is 512 g/mol. The summed E-state index contributed by atoms with van der Waals surface area (Å²) in [5, 5.41) is 6.62. The molecule has 1 amide bonds. The minimum absolute atomic E-state index is 0.0812. The quantitative estimate of drug-likeness (QED) is 0.395. The fraction of sp³-hybridized carbons (Fsp3) is 0.154. The number of nitrogens with one attached hydrogen (secondary N) is 1. The standard InChI is InChI=1S/C26H20F4N4O3/c1-16(18-5-3-2-4-6-18)31-23(35)22-24(36)33(15-17-7-9-19(10-8-17)26(28,29)30)25(37)34(32-22)21-13-11-20(27)12-14-21/h2-14,16H,15H2,1H3,(H,31,35). The van der Waals surface area contributed by atoms with Gasteiger partial charge in [-0.25, -0.2) is 9.18 Å². The molecule has 190 valence electrons. The number of alkyl halides is 3. The van der Waals surface area contributed by atoms with E-state index in [-0.39, 0.29) is 11.3 Å². The van der Waals surface area contributed by atoms with E-state index in [4.69, 9.17) is 0 Å². The largest absolute Gasteiger partial charge is 0.416 e. The maximum atomic E-state index is 13.5. The first-order valence-electron chi connectivity index (χ1n) is 11.1. The third-order valence-corrected chi connectivity index (χ3v) is 5.62. The average molecular weight is 512 g/mol. The van der Waals surface area contributed by atoms with Crippen molar-refractivity contribution in [2.24, 2.45) is 0 Å². The smallest absolute Gasteiger partial charge is 0.344 e. The Labute approximate surface area is 207 Å². The zero-order valence-electron chi connectivity index (χ0n) is 19.4. The first-order valence-corrected chi connectivity index (χ1v) is 11.1. The van der Waals surface area contributed by atoms with Crippen LogP contribution in [0.2, 0.25) is 0 Å². The molecule has 4 aromatic rings. The first kappa shape index (κ1) is 25.5. The Morgan fingerprint density at radius 2 is 1.57 bits per heavy atom. The van der Waals surface area contributed by atoms with E-state index in [0.29, 0.717) is 4.57 Å². The van der Waals surface area contributed by atoms with Gasteiger partial charge in [-0.3, -0.25) is 14.2 Å². The second-order valence-electron chi connectivity index (χ2n) is 8.21. The van der Waals surface area contributed by atoms with Gasteiger partial charge in [-0.15, -0.1) is 0 Å². The summed E-state index contributed by atoms with van der Waals surface area (Å²) in [5.74, 6) is -1.44. The number of amides is 1. The van der Waals surface area contributed by atoms with Crippen molar-refractivity contribution in [2.45, 2.75) is 25.7 Å². The molecule has 0 bridgehead atoms. The zero-order valence-corrected chi connectivity index (χ0v) is 19.4. The molecule has 0 saturated heterocycles. The van der Waals surface area contributed by atoms with Crippen molar-refractivity contribution in [3.05, 3.63) is 128 Å². The van der Waals surface area contributed by atoms with E-state index in [1.165, 1.54) is 12.1 Å². The molecule has 1 aromatic heterocycles. The minimum atomic E-state index is -4.55. The highest BCUT2D eigenvalue weighted by molar-refractivity contribution is 5.92. The topological polar surface area (TPSA) is 86.0 Å². The van der Waals surface area contributed by atoms with Crippen LogP contribution in [0.3, 0.4) is 0 Å². The van der Waals surface area contributed by atoms with Crippen LogP contribution in [0.1, 0.15) is 40.1 Å². The number of halogens is 4. The lowest BCUT2D eigenvalue weighted by molar-refractivity contribution is -0.137. The van der Waals surface area contributed by atoms with E-state index < -0.39 is 53.0 Å². The van der Waals surface area contributed by atoms with E-state index in [9.17, 15) is 31.9 Å². The molecule has 0 aliphatic rings. The lowest BCUT2D eigenvalue weighted by Crippen LogP contribution is -2.46. The molecule has 1 heterocycles. The third kappa shape index (κ3) is 5.66. The highest BCUT2D eigenvalue weighted by atomic mass is 19.4. The highest BCUT2D eigenvalue weighted by Gasteiger charge is 2.30. The molecule has 0 aliphatic heterocycles. The normalized spacial score (nSPS) is 12.2. The Bertz CT molecular complexity index is 1530. The molecule has 1 unspecified atom stereocenters. The molecule has 0 fully saturated rings. The fourth-order valence-electron chi connectivity index (χ4n) is 3.62. The van der Waals surface area contributed by atoms with Crippen LogP contribution >= 0.6 is 0 Å². The summed E-state index contributed by atoms with van der Waals surface area (Å²) in [7, 11) is 0. The molecule has 7 nitrogen and oxygen atoms in total. The fourth-order valence-corrected chi connectivity index (χ4v) is 3.62. The number of hydrogen-bond acceptors (Lipinski definition) is 4. The van der Waals surface area contributed by atoms with E-state index in [2.05, 4.69) is 10.4 Å². The Kier molecular flexibility index (Phi) is 7.05. The summed E-state index contributed by atoms with van der Waals surface area (Å²) >= 11 is 0. The van der Waals surface area contributed by atoms with Gasteiger partial charge in [0.1, 0.15) is 5.82 Å². The molecule has 1 atom stereocenters. The number of nitrogens with zero attached hydrogens (tertiary/aromatic N) is 3. The van der Waals surface area contributed by atoms with Crippen molar-refractivity contribution >= 4 is 5.91 Å². The van der Waals surface area contributed by atoms with Crippen molar-refractivity contribution in [1.82, 2.24) is 19.7 Å². The SMILES string of the molecule is CC(NC(=O)c1nn(-c2ccc(F)cc2)c(=O)n(Cc2ccc(C(F)(F)F)cc2)c1=O)c1ccccc1. The lowest BCUT2D eigenvalue weighted by atomic mass is 10.1. The number of carbonyl (C=O) groups excluding carboxylic acids is 1. The highest BCUT2D eigenvalue weighted by Crippen LogP contribution is 2.29. The van der Waals surface area contributed by atoms with E-state index in [0.717, 1.165) is 46.6 Å². The van der Waals surface area contributed by atoms with Gasteiger partial charge in [-0.1, -0.05) is 42.5 Å². The summed E-state index contributed by atoms with van der Waals surface area (Å²) in [5.41, 5.74) is -2.43. The molecule has 0 radical (unpaired) electrons. The Morgan fingerprint density at radius 1 is 0.946 bits per heavy atom. The zero-order chi connectivity index (χ0) is 26.7. The van der Waals surface area contributed by atoms with E-state index in [1.54, 1.807) is 37.3 Å². The minimum Gasteiger partial charge on any atom is -0.344 e. The van der Waals surface area contributed by atoms with Gasteiger partial charge in [0.15, 0.2) is 0 Å². The van der Waals surface area contributed by atoms with Gasteiger partial charge in [-0.05, 0) is 54.4 Å². The molecule has 1 N–H and O–H groups in total. The summed E-state index contributed by atoms with van der Waals surface area (Å²) in [6.07, 6.45) is -4.55. The summed E-state index contributed by atoms with van der Waals surface area (Å²) in [6.45, 7) is 1.28. The van der Waals surface area contributed by atoms with Crippen LogP contribution in [0.4, 0.5) is 17.6 Å². The summed E-state index contributed by atoms with van der Waals surface area (Å²) in [6, 6.07) is 17.0. The molecule has 37 heavy (non-hydrogen) atoms. The number of benzene rings is 3. The van der Waals surface area contributed by atoms with Crippen LogP contribution in [0.15, 0.2) is 88.5 Å². The Hall–Kier alpha value is -4.54. The van der Waals surface area contributed by atoms with Gasteiger partial charge in [0.05, 0.1) is 23.8 Å². The maximum absolute atomic E-state index is 13.5. The van der Waals surface area contributed by atoms with Gasteiger partial charge >= 0.3 is 11.9 Å². The molecule has 0 aliphatic carbocycles. The molecule has 0 spiro atoms. The van der Waals surface area contributed by atoms with Gasteiger partial charge in [0, 0.05) is 0 Å². The van der Waals surface area contributed by atoms with Gasteiger partial charge in [0.25, 0.3) is 11.5 Å². The lowest BCUT2D eigenvalue weighted by Gasteiger charge is -2.16. The summed E-state index contributed by atoms with van der Waals surface area (Å²) in [4.78, 5) is 39.5. The van der Waals surface area contributed by atoms with Crippen LogP contribution in [0, 0.1) is 5.82 Å². The Morgan fingerprint density at radius 3 is 2.16 bits per heavy atom. The van der Waals surface area contributed by atoms with Crippen molar-refractivity contribution in [2.75, 3.05) is 0 Å². The Balaban J connectivity index is 1.78. The molecular weight excluding hydrogens is 492 g/mol. The van der Waals surface area contributed by atoms with E-state index >= 15 is 0 Å². The van der Waals surface area contributed by atoms with Crippen LogP contribution in [-0.2, 0) is 12.7 Å². The van der Waals surface area contributed by atoms with Crippen LogP contribution in [0.25, 0.3) is 5.69 Å². The molecule has 3 aromatic carbocycles. The van der Waals surface area contributed by atoms with Crippen molar-refractivity contribution in [3.63, 3.8) is 0 Å². The first-order chi connectivity index (χ1) is 17.5.